The molecule has 1 aliphatic carbocycles. The van der Waals surface area contributed by atoms with Crippen molar-refractivity contribution in [3.63, 3.8) is 0 Å². The van der Waals surface area contributed by atoms with E-state index in [-0.39, 0.29) is 29.8 Å². The molecule has 3 atom stereocenters. The van der Waals surface area contributed by atoms with Gasteiger partial charge in [-0.15, -0.1) is 0 Å². The summed E-state index contributed by atoms with van der Waals surface area (Å²) >= 11 is 0. The lowest BCUT2D eigenvalue weighted by atomic mass is 9.89. The first-order chi connectivity index (χ1) is 13.0. The summed E-state index contributed by atoms with van der Waals surface area (Å²) in [5.74, 6) is 0.983. The van der Waals surface area contributed by atoms with Crippen molar-refractivity contribution in [1.29, 1.82) is 0 Å². The Hall–Kier alpha value is -2.70. The number of fused-ring (bicyclic) bond motifs is 2. The van der Waals surface area contributed by atoms with Crippen LogP contribution in [-0.4, -0.2) is 46.3 Å². The van der Waals surface area contributed by atoms with Gasteiger partial charge in [-0.25, -0.2) is 4.98 Å². The number of hydrogen-bond donors (Lipinski definition) is 2. The van der Waals surface area contributed by atoms with Crippen molar-refractivity contribution in [2.45, 2.75) is 38.1 Å². The fourth-order valence-electron chi connectivity index (χ4n) is 4.39. The molecule has 0 radical (unpaired) electrons. The van der Waals surface area contributed by atoms with Crippen LogP contribution in [0.15, 0.2) is 29.1 Å². The number of hydrogen-bond acceptors (Lipinski definition) is 4. The van der Waals surface area contributed by atoms with E-state index in [0.717, 1.165) is 24.9 Å². The number of benzene rings is 1. The molecule has 2 amide bonds. The number of nitrogens with one attached hydrogen (secondary N) is 2. The lowest BCUT2D eigenvalue weighted by Gasteiger charge is -2.24. The van der Waals surface area contributed by atoms with Crippen LogP contribution in [0.25, 0.3) is 11.0 Å². The molecule has 27 heavy (non-hydrogen) atoms. The Kier molecular flexibility index (Phi) is 4.68. The zero-order chi connectivity index (χ0) is 19.0. The van der Waals surface area contributed by atoms with Gasteiger partial charge in [0.15, 0.2) is 0 Å². The van der Waals surface area contributed by atoms with Crippen molar-refractivity contribution in [3.05, 3.63) is 40.3 Å². The number of amides is 2. The van der Waals surface area contributed by atoms with E-state index in [2.05, 4.69) is 15.3 Å². The van der Waals surface area contributed by atoms with E-state index in [1.807, 2.05) is 31.3 Å². The highest BCUT2D eigenvalue weighted by Crippen LogP contribution is 2.38. The lowest BCUT2D eigenvalue weighted by Crippen LogP contribution is -2.38. The summed E-state index contributed by atoms with van der Waals surface area (Å²) in [5.41, 5.74) is 1.59. The molecule has 1 saturated heterocycles. The minimum Gasteiger partial charge on any atom is -0.356 e. The Bertz CT molecular complexity index is 938. The van der Waals surface area contributed by atoms with Crippen LogP contribution >= 0.6 is 0 Å². The molecule has 1 aromatic heterocycles. The Morgan fingerprint density at radius 3 is 2.85 bits per heavy atom. The lowest BCUT2D eigenvalue weighted by molar-refractivity contribution is -0.131. The van der Waals surface area contributed by atoms with Crippen LogP contribution in [0.3, 0.4) is 0 Å². The highest BCUT2D eigenvalue weighted by molar-refractivity contribution is 5.78. The van der Waals surface area contributed by atoms with Gasteiger partial charge >= 0.3 is 0 Å². The molecule has 4 rings (SSSR count). The molecule has 2 fully saturated rings. The Balaban J connectivity index is 1.39. The van der Waals surface area contributed by atoms with Gasteiger partial charge < -0.3 is 15.2 Å². The SMILES string of the molecule is CN(C(=O)CCc1nc2ccccc2[nH]c1=O)[C@H]1C[C@H]2CNC(=O)C[C@H]2C1. The molecule has 1 saturated carbocycles. The summed E-state index contributed by atoms with van der Waals surface area (Å²) in [4.78, 5) is 45.4. The normalized spacial score (nSPS) is 24.5. The summed E-state index contributed by atoms with van der Waals surface area (Å²) in [7, 11) is 1.83. The Labute approximate surface area is 157 Å². The second kappa shape index (κ2) is 7.13. The molecule has 2 heterocycles. The van der Waals surface area contributed by atoms with Crippen LogP contribution in [0.1, 0.15) is 31.4 Å². The van der Waals surface area contributed by atoms with Crippen LogP contribution in [0, 0.1) is 11.8 Å². The molecule has 0 spiro atoms. The molecule has 142 valence electrons. The van der Waals surface area contributed by atoms with E-state index in [9.17, 15) is 14.4 Å². The van der Waals surface area contributed by atoms with Gasteiger partial charge in [-0.1, -0.05) is 12.1 Å². The van der Waals surface area contributed by atoms with Gasteiger partial charge in [0, 0.05) is 38.9 Å². The Morgan fingerprint density at radius 1 is 1.22 bits per heavy atom. The minimum absolute atomic E-state index is 0.0206. The average Bonchev–Trinajstić information content (AvgIpc) is 3.08. The second-order valence-corrected chi connectivity index (χ2v) is 7.69. The zero-order valence-corrected chi connectivity index (χ0v) is 15.4. The van der Waals surface area contributed by atoms with Gasteiger partial charge in [0.05, 0.1) is 11.0 Å². The number of carbonyl (C=O) groups is 2. The fraction of sp³-hybridized carbons (Fsp3) is 0.500. The molecule has 0 unspecified atom stereocenters. The van der Waals surface area contributed by atoms with Gasteiger partial charge in [0.1, 0.15) is 5.69 Å². The van der Waals surface area contributed by atoms with Crippen LogP contribution < -0.4 is 10.9 Å². The number of H-pyrrole nitrogens is 1. The van der Waals surface area contributed by atoms with Crippen molar-refractivity contribution in [2.75, 3.05) is 13.6 Å². The molecule has 1 aliphatic heterocycles. The third-order valence-electron chi connectivity index (χ3n) is 6.01. The topological polar surface area (TPSA) is 95.2 Å². The van der Waals surface area contributed by atoms with Crippen LogP contribution in [0.5, 0.6) is 0 Å². The predicted molar refractivity (Wildman–Crippen MR) is 101 cm³/mol. The molecule has 7 heteroatoms. The third kappa shape index (κ3) is 3.59. The number of para-hydroxylation sites is 2. The quantitative estimate of drug-likeness (QED) is 0.848. The van der Waals surface area contributed by atoms with Gasteiger partial charge in [-0.2, -0.15) is 0 Å². The fourth-order valence-corrected chi connectivity index (χ4v) is 4.39. The van der Waals surface area contributed by atoms with Crippen molar-refractivity contribution < 1.29 is 9.59 Å². The third-order valence-corrected chi connectivity index (χ3v) is 6.01. The number of aromatic amines is 1. The van der Waals surface area contributed by atoms with Gasteiger partial charge in [0.25, 0.3) is 5.56 Å². The molecular weight excluding hydrogens is 344 g/mol. The number of carbonyl (C=O) groups excluding carboxylic acids is 2. The van der Waals surface area contributed by atoms with Crippen LogP contribution in [0.2, 0.25) is 0 Å². The maximum Gasteiger partial charge on any atom is 0.270 e. The summed E-state index contributed by atoms with van der Waals surface area (Å²) in [5, 5.41) is 2.92. The number of aryl methyl sites for hydroxylation is 1. The summed E-state index contributed by atoms with van der Waals surface area (Å²) in [6, 6.07) is 7.54. The molecule has 1 aromatic carbocycles. The van der Waals surface area contributed by atoms with Crippen molar-refractivity contribution in [2.24, 2.45) is 11.8 Å². The van der Waals surface area contributed by atoms with Crippen molar-refractivity contribution in [3.8, 4) is 0 Å². The maximum absolute atomic E-state index is 12.7. The first-order valence-electron chi connectivity index (χ1n) is 9.51. The molecule has 7 nitrogen and oxygen atoms in total. The standard InChI is InChI=1S/C20H24N4O3/c1-24(14-8-12-10-18(25)21-11-13(12)9-14)19(26)7-6-17-20(27)23-16-5-3-2-4-15(16)22-17/h2-5,12-14H,6-11H2,1H3,(H,21,25)(H,23,27)/t12-,13+,14-/m1/s1. The van der Waals surface area contributed by atoms with Crippen LogP contribution in [-0.2, 0) is 16.0 Å². The molecule has 0 bridgehead atoms. The smallest absolute Gasteiger partial charge is 0.270 e. The number of nitrogens with zero attached hydrogens (tertiary/aromatic N) is 2. The largest absolute Gasteiger partial charge is 0.356 e. The molecular formula is C20H24N4O3. The predicted octanol–water partition coefficient (Wildman–Crippen LogP) is 1.23. The summed E-state index contributed by atoms with van der Waals surface area (Å²) < 4.78 is 0. The summed E-state index contributed by atoms with van der Waals surface area (Å²) in [6.45, 7) is 0.721. The van der Waals surface area contributed by atoms with Gasteiger partial charge in [0.2, 0.25) is 11.8 Å². The van der Waals surface area contributed by atoms with Crippen LogP contribution in [0.4, 0.5) is 0 Å². The van der Waals surface area contributed by atoms with E-state index < -0.39 is 0 Å². The van der Waals surface area contributed by atoms with E-state index in [1.54, 1.807) is 4.90 Å². The molecule has 2 N–H and O–H groups in total. The number of aromatic nitrogens is 2. The molecule has 2 aromatic rings. The highest BCUT2D eigenvalue weighted by Gasteiger charge is 2.40. The van der Waals surface area contributed by atoms with Crippen molar-refractivity contribution >= 4 is 22.8 Å². The maximum atomic E-state index is 12.7. The Morgan fingerprint density at radius 2 is 2.00 bits per heavy atom. The van der Waals surface area contributed by atoms with Gasteiger partial charge in [-0.05, 0) is 36.8 Å². The van der Waals surface area contributed by atoms with E-state index in [0.29, 0.717) is 35.9 Å². The van der Waals surface area contributed by atoms with E-state index >= 15 is 0 Å². The van der Waals surface area contributed by atoms with E-state index in [1.165, 1.54) is 0 Å². The van der Waals surface area contributed by atoms with Crippen molar-refractivity contribution in [1.82, 2.24) is 20.2 Å². The second-order valence-electron chi connectivity index (χ2n) is 7.69. The minimum atomic E-state index is -0.236. The first-order valence-corrected chi connectivity index (χ1v) is 9.51. The van der Waals surface area contributed by atoms with Gasteiger partial charge in [-0.3, -0.25) is 14.4 Å². The summed E-state index contributed by atoms with van der Waals surface area (Å²) in [6.07, 6.45) is 2.97. The zero-order valence-electron chi connectivity index (χ0n) is 15.4. The number of piperidine rings is 1. The first kappa shape index (κ1) is 17.7. The molecule has 2 aliphatic rings. The number of rotatable bonds is 4. The van der Waals surface area contributed by atoms with E-state index in [4.69, 9.17) is 0 Å². The average molecular weight is 368 g/mol. The highest BCUT2D eigenvalue weighted by atomic mass is 16.2. The monoisotopic (exact) mass is 368 g/mol.